The number of carbonyl (C=O) groups excluding carboxylic acids is 1. The standard InChI is InChI=1S/C19H19FN4O3S/c1-26-17-6-4-13(8-21-17)22-19(28-2)23-9-14(10-23)24-15-5-3-12(20)7-16(15)27-11-18(24)25/h3-8,14H,9-11H2,1-2H3. The summed E-state index contributed by atoms with van der Waals surface area (Å²) in [4.78, 5) is 25.0. The van der Waals surface area contributed by atoms with Crippen molar-refractivity contribution in [2.24, 2.45) is 4.99 Å². The number of nitrogens with zero attached hydrogens (tertiary/aromatic N) is 4. The predicted octanol–water partition coefficient (Wildman–Crippen LogP) is 2.69. The van der Waals surface area contributed by atoms with Crippen LogP contribution in [0.3, 0.4) is 0 Å². The van der Waals surface area contributed by atoms with Gasteiger partial charge in [0.05, 0.1) is 30.7 Å². The summed E-state index contributed by atoms with van der Waals surface area (Å²) in [7, 11) is 1.57. The number of carbonyl (C=O) groups is 1. The Balaban J connectivity index is 1.48. The average molecular weight is 402 g/mol. The summed E-state index contributed by atoms with van der Waals surface area (Å²) in [5.41, 5.74) is 1.35. The number of amidine groups is 1. The van der Waals surface area contributed by atoms with Gasteiger partial charge in [-0.25, -0.2) is 14.4 Å². The van der Waals surface area contributed by atoms with Gasteiger partial charge in [-0.05, 0) is 24.5 Å². The van der Waals surface area contributed by atoms with Crippen LogP contribution in [0.15, 0.2) is 41.5 Å². The first-order valence-corrected chi connectivity index (χ1v) is 9.93. The topological polar surface area (TPSA) is 67.3 Å². The van der Waals surface area contributed by atoms with Crippen LogP contribution in [-0.4, -0.2) is 60.1 Å². The van der Waals surface area contributed by atoms with Crippen molar-refractivity contribution in [3.05, 3.63) is 42.3 Å². The molecule has 1 aromatic heterocycles. The highest BCUT2D eigenvalue weighted by atomic mass is 32.2. The second-order valence-electron chi connectivity index (χ2n) is 6.38. The molecule has 0 saturated carbocycles. The maximum absolute atomic E-state index is 13.5. The maximum Gasteiger partial charge on any atom is 0.265 e. The minimum absolute atomic E-state index is 0.00745. The zero-order chi connectivity index (χ0) is 19.7. The van der Waals surface area contributed by atoms with Crippen molar-refractivity contribution < 1.29 is 18.7 Å². The molecule has 9 heteroatoms. The largest absolute Gasteiger partial charge is 0.481 e. The molecular formula is C19H19FN4O3S. The lowest BCUT2D eigenvalue weighted by Gasteiger charge is -2.47. The van der Waals surface area contributed by atoms with Gasteiger partial charge in [0.1, 0.15) is 11.6 Å². The molecular weight excluding hydrogens is 383 g/mol. The zero-order valence-electron chi connectivity index (χ0n) is 15.5. The number of methoxy groups -OCH3 is 1. The summed E-state index contributed by atoms with van der Waals surface area (Å²) in [6, 6.07) is 7.85. The number of aromatic nitrogens is 1. The molecule has 2 aliphatic heterocycles. The van der Waals surface area contributed by atoms with Crippen LogP contribution in [0.25, 0.3) is 0 Å². The molecule has 7 nitrogen and oxygen atoms in total. The number of amides is 1. The Hall–Kier alpha value is -2.81. The summed E-state index contributed by atoms with van der Waals surface area (Å²) < 4.78 is 23.9. The van der Waals surface area contributed by atoms with Crippen molar-refractivity contribution in [1.82, 2.24) is 9.88 Å². The fourth-order valence-electron chi connectivity index (χ4n) is 3.24. The van der Waals surface area contributed by atoms with Crippen LogP contribution in [0.2, 0.25) is 0 Å². The molecule has 28 heavy (non-hydrogen) atoms. The number of thioether (sulfide) groups is 1. The monoisotopic (exact) mass is 402 g/mol. The first-order valence-electron chi connectivity index (χ1n) is 8.71. The van der Waals surface area contributed by atoms with Gasteiger partial charge in [0, 0.05) is 25.2 Å². The Morgan fingerprint density at radius 3 is 2.86 bits per heavy atom. The number of fused-ring (bicyclic) bond motifs is 1. The summed E-state index contributed by atoms with van der Waals surface area (Å²) in [6.45, 7) is 1.21. The van der Waals surface area contributed by atoms with Crippen LogP contribution in [0.1, 0.15) is 0 Å². The fourth-order valence-corrected chi connectivity index (χ4v) is 3.84. The van der Waals surface area contributed by atoms with Gasteiger partial charge in [-0.3, -0.25) is 9.69 Å². The van der Waals surface area contributed by atoms with Crippen LogP contribution in [-0.2, 0) is 4.79 Å². The van der Waals surface area contributed by atoms with Crippen molar-refractivity contribution >= 4 is 34.2 Å². The molecule has 3 heterocycles. The van der Waals surface area contributed by atoms with E-state index in [1.54, 1.807) is 30.3 Å². The second kappa shape index (κ2) is 7.67. The number of pyridine rings is 1. The highest BCUT2D eigenvalue weighted by molar-refractivity contribution is 8.13. The number of anilines is 1. The fraction of sp³-hybridized carbons (Fsp3) is 0.316. The Bertz CT molecular complexity index is 916. The molecule has 0 N–H and O–H groups in total. The third-order valence-corrected chi connectivity index (χ3v) is 5.35. The van der Waals surface area contributed by atoms with Crippen LogP contribution < -0.4 is 14.4 Å². The summed E-state index contributed by atoms with van der Waals surface area (Å²) in [6.07, 6.45) is 3.61. The molecule has 2 aliphatic rings. The normalized spacial score (nSPS) is 17.1. The third-order valence-electron chi connectivity index (χ3n) is 4.64. The number of hydrogen-bond acceptors (Lipinski definition) is 6. The van der Waals surface area contributed by atoms with E-state index in [0.717, 1.165) is 10.9 Å². The van der Waals surface area contributed by atoms with Crippen molar-refractivity contribution in [3.8, 4) is 11.6 Å². The van der Waals surface area contributed by atoms with Crippen molar-refractivity contribution in [2.45, 2.75) is 6.04 Å². The summed E-state index contributed by atoms with van der Waals surface area (Å²) >= 11 is 1.53. The molecule has 146 valence electrons. The van der Waals surface area contributed by atoms with E-state index in [2.05, 4.69) is 14.9 Å². The number of rotatable bonds is 3. The van der Waals surface area contributed by atoms with Gasteiger partial charge in [-0.2, -0.15) is 0 Å². The second-order valence-corrected chi connectivity index (χ2v) is 7.15. The molecule has 0 spiro atoms. The van der Waals surface area contributed by atoms with Gasteiger partial charge in [-0.1, -0.05) is 11.8 Å². The van der Waals surface area contributed by atoms with E-state index in [1.165, 1.54) is 23.9 Å². The molecule has 0 aliphatic carbocycles. The van der Waals surface area contributed by atoms with E-state index in [-0.39, 0.29) is 24.4 Å². The number of hydrogen-bond donors (Lipinski definition) is 0. The molecule has 2 aromatic rings. The molecule has 1 saturated heterocycles. The minimum Gasteiger partial charge on any atom is -0.481 e. The number of ether oxygens (including phenoxy) is 2. The predicted molar refractivity (Wildman–Crippen MR) is 106 cm³/mol. The lowest BCUT2D eigenvalue weighted by Crippen LogP contribution is -2.63. The number of benzene rings is 1. The molecule has 4 rings (SSSR count). The Morgan fingerprint density at radius 1 is 1.36 bits per heavy atom. The Kier molecular flexibility index (Phi) is 5.08. The van der Waals surface area contributed by atoms with Crippen LogP contribution >= 0.6 is 11.8 Å². The maximum atomic E-state index is 13.5. The molecule has 1 aromatic carbocycles. The Labute approximate surface area is 166 Å². The van der Waals surface area contributed by atoms with Crippen LogP contribution in [0, 0.1) is 5.82 Å². The first kappa shape index (κ1) is 18.5. The highest BCUT2D eigenvalue weighted by Crippen LogP contribution is 2.36. The first-order chi connectivity index (χ1) is 13.6. The quantitative estimate of drug-likeness (QED) is 0.581. The smallest absolute Gasteiger partial charge is 0.265 e. The molecule has 0 bridgehead atoms. The molecule has 0 unspecified atom stereocenters. The van der Waals surface area contributed by atoms with E-state index >= 15 is 0 Å². The van der Waals surface area contributed by atoms with Crippen molar-refractivity contribution in [3.63, 3.8) is 0 Å². The average Bonchev–Trinajstić information content (AvgIpc) is 2.68. The molecule has 1 fully saturated rings. The van der Waals surface area contributed by atoms with Gasteiger partial charge < -0.3 is 14.4 Å². The van der Waals surface area contributed by atoms with Gasteiger partial charge >= 0.3 is 0 Å². The van der Waals surface area contributed by atoms with E-state index < -0.39 is 0 Å². The van der Waals surface area contributed by atoms with Gasteiger partial charge in [0.15, 0.2) is 11.8 Å². The Morgan fingerprint density at radius 2 is 2.18 bits per heavy atom. The summed E-state index contributed by atoms with van der Waals surface area (Å²) in [5, 5.41) is 0.850. The zero-order valence-corrected chi connectivity index (χ0v) is 16.3. The lowest BCUT2D eigenvalue weighted by atomic mass is 10.1. The number of aliphatic imine (C=N–C) groups is 1. The third kappa shape index (κ3) is 3.49. The lowest BCUT2D eigenvalue weighted by molar-refractivity contribution is -0.122. The van der Waals surface area contributed by atoms with Gasteiger partial charge in [0.2, 0.25) is 5.88 Å². The highest BCUT2D eigenvalue weighted by Gasteiger charge is 2.40. The van der Waals surface area contributed by atoms with E-state index in [0.29, 0.717) is 30.4 Å². The molecule has 1 amide bonds. The summed E-state index contributed by atoms with van der Waals surface area (Å²) in [5.74, 6) is 0.439. The van der Waals surface area contributed by atoms with Gasteiger partial charge in [-0.15, -0.1) is 0 Å². The van der Waals surface area contributed by atoms with E-state index in [4.69, 9.17) is 9.47 Å². The van der Waals surface area contributed by atoms with Crippen molar-refractivity contribution in [2.75, 3.05) is 38.0 Å². The minimum atomic E-state index is -0.381. The van der Waals surface area contributed by atoms with E-state index in [1.807, 2.05) is 12.3 Å². The number of likely N-dealkylation sites (tertiary alicyclic amines) is 1. The number of halogens is 1. The van der Waals surface area contributed by atoms with Crippen LogP contribution in [0.4, 0.5) is 15.8 Å². The van der Waals surface area contributed by atoms with E-state index in [9.17, 15) is 9.18 Å². The molecule has 0 radical (unpaired) electrons. The van der Waals surface area contributed by atoms with Crippen LogP contribution in [0.5, 0.6) is 11.6 Å². The SMILES string of the molecule is COc1ccc(N=C(SC)N2CC(N3C(=O)COc4cc(F)ccc43)C2)cn1. The molecule has 0 atom stereocenters. The van der Waals surface area contributed by atoms with Gasteiger partial charge in [0.25, 0.3) is 5.91 Å². The van der Waals surface area contributed by atoms with Crippen molar-refractivity contribution in [1.29, 1.82) is 0 Å².